The van der Waals surface area contributed by atoms with Crippen molar-refractivity contribution in [3.63, 3.8) is 0 Å². The van der Waals surface area contributed by atoms with Crippen LogP contribution in [0.4, 0.5) is 5.69 Å². The van der Waals surface area contributed by atoms with Crippen LogP contribution in [0.3, 0.4) is 0 Å². The highest BCUT2D eigenvalue weighted by atomic mass is 32.1. The number of hydrogen-bond donors (Lipinski definition) is 1. The van der Waals surface area contributed by atoms with Crippen molar-refractivity contribution in [2.24, 2.45) is 0 Å². The lowest BCUT2D eigenvalue weighted by Crippen LogP contribution is -2.34. The molecule has 0 aliphatic carbocycles. The Bertz CT molecular complexity index is 335. The Labute approximate surface area is 94.9 Å². The van der Waals surface area contributed by atoms with E-state index < -0.39 is 0 Å². The number of nitrogen functional groups attached to an aromatic ring is 1. The first-order valence-corrected chi connectivity index (χ1v) is 6.06. The van der Waals surface area contributed by atoms with Crippen molar-refractivity contribution in [3.8, 4) is 0 Å². The summed E-state index contributed by atoms with van der Waals surface area (Å²) in [5, 5.41) is 1.85. The lowest BCUT2D eigenvalue weighted by atomic mass is 10.1. The summed E-state index contributed by atoms with van der Waals surface area (Å²) in [5.41, 5.74) is 6.30. The number of carbonyl (C=O) groups is 1. The van der Waals surface area contributed by atoms with E-state index in [9.17, 15) is 4.79 Å². The van der Waals surface area contributed by atoms with E-state index in [2.05, 4.69) is 13.8 Å². The van der Waals surface area contributed by atoms with E-state index >= 15 is 0 Å². The molecule has 3 nitrogen and oxygen atoms in total. The Morgan fingerprint density at radius 1 is 1.67 bits per heavy atom. The number of nitrogens with two attached hydrogens (primary N) is 1. The first-order valence-electron chi connectivity index (χ1n) is 5.18. The van der Waals surface area contributed by atoms with Gasteiger partial charge in [0, 0.05) is 13.1 Å². The third-order valence-corrected chi connectivity index (χ3v) is 3.50. The summed E-state index contributed by atoms with van der Waals surface area (Å²) in [6.07, 6.45) is 2.10. The minimum Gasteiger partial charge on any atom is -0.397 e. The molecule has 0 saturated heterocycles. The molecule has 1 aromatic rings. The van der Waals surface area contributed by atoms with Crippen molar-refractivity contribution >= 4 is 22.9 Å². The SMILES string of the molecule is CCCC(C)N(C)C(=O)c1sccc1N. The predicted molar refractivity (Wildman–Crippen MR) is 65.2 cm³/mol. The maximum absolute atomic E-state index is 12.0. The first kappa shape index (κ1) is 12.0. The molecule has 1 rings (SSSR count). The summed E-state index contributed by atoms with van der Waals surface area (Å²) in [6.45, 7) is 4.18. The second kappa shape index (κ2) is 5.16. The lowest BCUT2D eigenvalue weighted by molar-refractivity contribution is 0.0742. The van der Waals surface area contributed by atoms with Gasteiger partial charge in [-0.25, -0.2) is 0 Å². The van der Waals surface area contributed by atoms with Crippen molar-refractivity contribution in [2.75, 3.05) is 12.8 Å². The van der Waals surface area contributed by atoms with E-state index in [1.165, 1.54) is 11.3 Å². The van der Waals surface area contributed by atoms with E-state index in [0.29, 0.717) is 10.6 Å². The molecule has 4 heteroatoms. The molecule has 1 aromatic heterocycles. The summed E-state index contributed by atoms with van der Waals surface area (Å²) in [7, 11) is 1.84. The maximum atomic E-state index is 12.0. The molecule has 0 radical (unpaired) electrons. The minimum atomic E-state index is 0.0310. The molecule has 0 aliphatic rings. The van der Waals surface area contributed by atoms with Crippen molar-refractivity contribution in [1.82, 2.24) is 4.90 Å². The van der Waals surface area contributed by atoms with Gasteiger partial charge in [-0.2, -0.15) is 0 Å². The quantitative estimate of drug-likeness (QED) is 0.857. The molecule has 0 fully saturated rings. The number of carbonyl (C=O) groups excluding carboxylic acids is 1. The van der Waals surface area contributed by atoms with Gasteiger partial charge in [0.05, 0.1) is 5.69 Å². The summed E-state index contributed by atoms with van der Waals surface area (Å²) in [4.78, 5) is 14.4. The van der Waals surface area contributed by atoms with Gasteiger partial charge in [0.1, 0.15) is 4.88 Å². The number of hydrogen-bond acceptors (Lipinski definition) is 3. The van der Waals surface area contributed by atoms with Crippen molar-refractivity contribution in [2.45, 2.75) is 32.7 Å². The van der Waals surface area contributed by atoms with Crippen LogP contribution in [0.2, 0.25) is 0 Å². The standard InChI is InChI=1S/C11H18N2OS/c1-4-5-8(2)13(3)11(14)10-9(12)6-7-15-10/h6-8H,4-5,12H2,1-3H3. The van der Waals surface area contributed by atoms with Gasteiger partial charge in [0.25, 0.3) is 5.91 Å². The molecule has 2 N–H and O–H groups in total. The number of rotatable bonds is 4. The molecule has 1 unspecified atom stereocenters. The molecule has 0 saturated carbocycles. The van der Waals surface area contributed by atoms with Gasteiger partial charge in [-0.15, -0.1) is 11.3 Å². The molecule has 0 spiro atoms. The molecule has 0 bridgehead atoms. The Morgan fingerprint density at radius 3 is 2.80 bits per heavy atom. The summed E-state index contributed by atoms with van der Waals surface area (Å²) in [6, 6.07) is 2.04. The van der Waals surface area contributed by atoms with Crippen LogP contribution < -0.4 is 5.73 Å². The van der Waals surface area contributed by atoms with Crippen LogP contribution in [0.15, 0.2) is 11.4 Å². The Kier molecular flexibility index (Phi) is 4.15. The molecule has 0 aromatic carbocycles. The van der Waals surface area contributed by atoms with E-state index in [1.807, 2.05) is 12.4 Å². The molecule has 84 valence electrons. The Balaban J connectivity index is 2.73. The van der Waals surface area contributed by atoms with Crippen LogP contribution in [0, 0.1) is 0 Å². The average Bonchev–Trinajstić information content (AvgIpc) is 2.62. The lowest BCUT2D eigenvalue weighted by Gasteiger charge is -2.24. The zero-order chi connectivity index (χ0) is 11.4. The monoisotopic (exact) mass is 226 g/mol. The summed E-state index contributed by atoms with van der Waals surface area (Å²) < 4.78 is 0. The van der Waals surface area contributed by atoms with Gasteiger partial charge >= 0.3 is 0 Å². The second-order valence-electron chi connectivity index (χ2n) is 3.76. The summed E-state index contributed by atoms with van der Waals surface area (Å²) >= 11 is 1.41. The molecule has 1 atom stereocenters. The number of amides is 1. The first-order chi connectivity index (χ1) is 7.07. The molecule has 15 heavy (non-hydrogen) atoms. The molecule has 1 heterocycles. The van der Waals surface area contributed by atoms with Gasteiger partial charge in [0.15, 0.2) is 0 Å². The smallest absolute Gasteiger partial charge is 0.266 e. The maximum Gasteiger partial charge on any atom is 0.266 e. The molecular formula is C11H18N2OS. The van der Waals surface area contributed by atoms with Crippen LogP contribution in [0.25, 0.3) is 0 Å². The second-order valence-corrected chi connectivity index (χ2v) is 4.67. The fraction of sp³-hybridized carbons (Fsp3) is 0.545. The fourth-order valence-electron chi connectivity index (χ4n) is 1.46. The summed E-state index contributed by atoms with van der Waals surface area (Å²) in [5.74, 6) is 0.0310. The van der Waals surface area contributed by atoms with E-state index in [4.69, 9.17) is 5.73 Å². The highest BCUT2D eigenvalue weighted by Gasteiger charge is 2.19. The van der Waals surface area contributed by atoms with Crippen LogP contribution in [0.5, 0.6) is 0 Å². The van der Waals surface area contributed by atoms with Crippen molar-refractivity contribution in [3.05, 3.63) is 16.3 Å². The normalized spacial score (nSPS) is 12.5. The molecule has 1 amide bonds. The fourth-order valence-corrected chi connectivity index (χ4v) is 2.26. The zero-order valence-corrected chi connectivity index (χ0v) is 10.3. The number of anilines is 1. The van der Waals surface area contributed by atoms with Gasteiger partial charge in [0.2, 0.25) is 0 Å². The van der Waals surface area contributed by atoms with Crippen molar-refractivity contribution in [1.29, 1.82) is 0 Å². The Hall–Kier alpha value is -1.03. The van der Waals surface area contributed by atoms with Crippen LogP contribution in [-0.4, -0.2) is 23.9 Å². The van der Waals surface area contributed by atoms with Crippen LogP contribution >= 0.6 is 11.3 Å². The third kappa shape index (κ3) is 2.72. The largest absolute Gasteiger partial charge is 0.397 e. The minimum absolute atomic E-state index is 0.0310. The van der Waals surface area contributed by atoms with Gasteiger partial charge in [-0.1, -0.05) is 13.3 Å². The molecular weight excluding hydrogens is 208 g/mol. The van der Waals surface area contributed by atoms with Crippen molar-refractivity contribution < 1.29 is 4.79 Å². The van der Waals surface area contributed by atoms with E-state index in [0.717, 1.165) is 12.8 Å². The topological polar surface area (TPSA) is 46.3 Å². The predicted octanol–water partition coefficient (Wildman–Crippen LogP) is 2.59. The highest BCUT2D eigenvalue weighted by Crippen LogP contribution is 2.21. The van der Waals surface area contributed by atoms with Gasteiger partial charge in [-0.3, -0.25) is 4.79 Å². The van der Waals surface area contributed by atoms with Crippen LogP contribution in [-0.2, 0) is 0 Å². The number of thiophene rings is 1. The molecule has 0 aliphatic heterocycles. The zero-order valence-electron chi connectivity index (χ0n) is 9.49. The third-order valence-electron chi connectivity index (χ3n) is 2.58. The van der Waals surface area contributed by atoms with Gasteiger partial charge in [-0.05, 0) is 24.8 Å². The van der Waals surface area contributed by atoms with E-state index in [1.54, 1.807) is 11.0 Å². The average molecular weight is 226 g/mol. The highest BCUT2D eigenvalue weighted by molar-refractivity contribution is 7.12. The van der Waals surface area contributed by atoms with Gasteiger partial charge < -0.3 is 10.6 Å². The van der Waals surface area contributed by atoms with Crippen LogP contribution in [0.1, 0.15) is 36.4 Å². The Morgan fingerprint density at radius 2 is 2.33 bits per heavy atom. The number of nitrogens with zero attached hydrogens (tertiary/aromatic N) is 1. The van der Waals surface area contributed by atoms with E-state index in [-0.39, 0.29) is 11.9 Å².